The zero-order valence-electron chi connectivity index (χ0n) is 23.5. The van der Waals surface area contributed by atoms with Gasteiger partial charge in [-0.25, -0.2) is 4.99 Å². The van der Waals surface area contributed by atoms with Crippen molar-refractivity contribution in [1.82, 2.24) is 4.98 Å². The highest BCUT2D eigenvalue weighted by molar-refractivity contribution is 6.53. The van der Waals surface area contributed by atoms with Gasteiger partial charge in [0.15, 0.2) is 12.0 Å². The summed E-state index contributed by atoms with van der Waals surface area (Å²) in [7, 11) is -4.36. The van der Waals surface area contributed by atoms with Crippen LogP contribution in [0, 0.1) is 0 Å². The Bertz CT molecular complexity index is 1070. The number of hydrogen-bond acceptors (Lipinski definition) is 2. The second-order valence-electron chi connectivity index (χ2n) is 10.0. The molecule has 0 saturated heterocycles. The number of rotatable bonds is 12. The maximum Gasteiger partial charge on any atom is 0.726 e. The van der Waals surface area contributed by atoms with Gasteiger partial charge in [0.25, 0.3) is 0 Å². The fourth-order valence-corrected chi connectivity index (χ4v) is 4.78. The molecular formula is C30H43BClF2N3O2. The van der Waals surface area contributed by atoms with E-state index in [0.717, 1.165) is 0 Å². The summed E-state index contributed by atoms with van der Waals surface area (Å²) in [4.78, 5) is 5.63. The molecular weight excluding hydrogens is 519 g/mol. The zero-order chi connectivity index (χ0) is 27.3. The Morgan fingerprint density at radius 1 is 0.872 bits per heavy atom. The van der Waals surface area contributed by atoms with Gasteiger partial charge in [-0.05, 0) is 31.4 Å². The number of nitrogens with one attached hydrogen (secondary N) is 2. The smallest absolute Gasteiger partial charge is 0.726 e. The van der Waals surface area contributed by atoms with Crippen LogP contribution in [0.3, 0.4) is 0 Å². The van der Waals surface area contributed by atoms with Gasteiger partial charge in [-0.15, -0.1) is 0 Å². The second kappa shape index (κ2) is 16.3. The predicted octanol–water partition coefficient (Wildman–Crippen LogP) is 3.12. The van der Waals surface area contributed by atoms with Crippen LogP contribution in [0.5, 0.6) is 0 Å². The van der Waals surface area contributed by atoms with E-state index in [1.54, 1.807) is 36.7 Å². The first-order valence-corrected chi connectivity index (χ1v) is 14.0. The summed E-state index contributed by atoms with van der Waals surface area (Å²) < 4.78 is 37.2. The summed E-state index contributed by atoms with van der Waals surface area (Å²) in [5, 5.41) is 0. The first-order chi connectivity index (χ1) is 18.4. The highest BCUT2D eigenvalue weighted by Crippen LogP contribution is 2.32. The number of unbranched alkanes of at least 4 members (excludes halogenated alkanes) is 3. The molecule has 0 bridgehead atoms. The summed E-state index contributed by atoms with van der Waals surface area (Å²) in [5.41, 5.74) is 2.46. The third kappa shape index (κ3) is 10.3. The molecule has 0 radical (unpaired) electrons. The van der Waals surface area contributed by atoms with Gasteiger partial charge < -0.3 is 39.8 Å². The minimum absolute atomic E-state index is 0. The molecule has 2 N–H and O–H groups in total. The number of benzene rings is 1. The van der Waals surface area contributed by atoms with Gasteiger partial charge in [-0.3, -0.25) is 0 Å². The maximum atomic E-state index is 13.4. The first-order valence-electron chi connectivity index (χ1n) is 14.0. The Hall–Kier alpha value is -2.84. The minimum Gasteiger partial charge on any atom is -1.00 e. The summed E-state index contributed by atoms with van der Waals surface area (Å²) in [6, 6.07) is 14.5. The van der Waals surface area contributed by atoms with Crippen LogP contribution in [0.1, 0.15) is 70.6 Å². The number of hydrogen-bond donors (Lipinski definition) is 2. The molecule has 2 aliphatic rings. The van der Waals surface area contributed by atoms with Gasteiger partial charge in [0.1, 0.15) is 12.3 Å². The minimum atomic E-state index is -4.36. The molecule has 3 heterocycles. The van der Waals surface area contributed by atoms with Gasteiger partial charge in [0.05, 0.1) is 25.3 Å². The summed E-state index contributed by atoms with van der Waals surface area (Å²) in [6.45, 7) is 12.2. The van der Waals surface area contributed by atoms with E-state index in [2.05, 4.69) is 70.4 Å². The summed E-state index contributed by atoms with van der Waals surface area (Å²) >= 11 is 0. The van der Waals surface area contributed by atoms with E-state index in [-0.39, 0.29) is 23.9 Å². The van der Waals surface area contributed by atoms with Crippen LogP contribution >= 0.6 is 0 Å². The van der Waals surface area contributed by atoms with Crippen molar-refractivity contribution in [2.45, 2.75) is 65.8 Å². The Labute approximate surface area is 238 Å². The molecule has 0 amide bonds. The first kappa shape index (κ1) is 32.4. The lowest BCUT2D eigenvalue weighted by Gasteiger charge is -2.39. The van der Waals surface area contributed by atoms with Crippen LogP contribution in [-0.2, 0) is 15.9 Å². The van der Waals surface area contributed by atoms with Crippen LogP contribution in [0.4, 0.5) is 8.63 Å². The number of aromatic nitrogens is 1. The molecule has 0 unspecified atom stereocenters. The van der Waals surface area contributed by atoms with Crippen molar-refractivity contribution in [1.29, 1.82) is 0 Å². The van der Waals surface area contributed by atoms with E-state index in [1.807, 2.05) is 0 Å². The van der Waals surface area contributed by atoms with Gasteiger partial charge in [-0.1, -0.05) is 70.4 Å². The average Bonchev–Trinajstić information content (AvgIpc) is 3.65. The zero-order valence-corrected chi connectivity index (χ0v) is 24.2. The van der Waals surface area contributed by atoms with Crippen molar-refractivity contribution < 1.29 is 39.8 Å². The highest BCUT2D eigenvalue weighted by Gasteiger charge is 2.39. The normalized spacial score (nSPS) is 17.4. The molecule has 2 aromatic rings. The molecule has 1 aromatic carbocycles. The van der Waals surface area contributed by atoms with E-state index in [0.29, 0.717) is 11.4 Å². The number of halogens is 3. The monoisotopic (exact) mass is 561 g/mol. The Morgan fingerprint density at radius 2 is 1.51 bits per heavy atom. The number of H-pyrrole nitrogens is 1. The Balaban J connectivity index is 0.000000267. The van der Waals surface area contributed by atoms with Gasteiger partial charge in [-0.2, -0.15) is 0 Å². The quantitative estimate of drug-likeness (QED) is 0.309. The summed E-state index contributed by atoms with van der Waals surface area (Å²) in [6.07, 6.45) is 16.1. The molecule has 2 aliphatic heterocycles. The molecule has 214 valence electrons. The fraction of sp³-hybridized carbons (Fsp3) is 0.433. The van der Waals surface area contributed by atoms with Crippen molar-refractivity contribution >= 4 is 19.1 Å². The van der Waals surface area contributed by atoms with Crippen molar-refractivity contribution in [3.05, 3.63) is 89.6 Å². The average molecular weight is 562 g/mol. The van der Waals surface area contributed by atoms with Crippen molar-refractivity contribution in [3.63, 3.8) is 0 Å². The molecule has 1 aromatic heterocycles. The molecule has 5 nitrogen and oxygen atoms in total. The number of aromatic amines is 1. The fourth-order valence-electron chi connectivity index (χ4n) is 4.78. The molecule has 4 rings (SSSR count). The molecule has 39 heavy (non-hydrogen) atoms. The Morgan fingerprint density at radius 3 is 2.03 bits per heavy atom. The number of nitrogens with zero attached hydrogens (tertiary/aromatic N) is 1. The van der Waals surface area contributed by atoms with Crippen LogP contribution in [-0.4, -0.2) is 42.4 Å². The van der Waals surface area contributed by atoms with E-state index >= 15 is 0 Å². The maximum absolute atomic E-state index is 13.4. The Kier molecular flexibility index (Phi) is 13.5. The van der Waals surface area contributed by atoms with Crippen molar-refractivity contribution in [2.24, 2.45) is 0 Å². The SMILES string of the molecule is CCCC[N+](CCCC)(CCCC)Cc1ccccc1.F[B-]1(F)OC(c2ccc[nH]2)=C/C(=C2\C=CC=[NH+]2)O1.[Cl-]. The molecule has 9 heteroatoms. The van der Waals surface area contributed by atoms with Crippen LogP contribution in [0.15, 0.2) is 78.3 Å². The molecule has 0 spiro atoms. The molecule has 0 aliphatic carbocycles. The van der Waals surface area contributed by atoms with Gasteiger partial charge >= 0.3 is 7.11 Å². The van der Waals surface area contributed by atoms with Crippen molar-refractivity contribution in [2.75, 3.05) is 19.6 Å². The van der Waals surface area contributed by atoms with Crippen LogP contribution in [0.25, 0.3) is 5.76 Å². The molecule has 0 atom stereocenters. The van der Waals surface area contributed by atoms with Gasteiger partial charge in [0, 0.05) is 30.0 Å². The standard InChI is InChI=1S/C19H34N.C11H8BF2N2O2.ClH/c1-4-7-15-20(16-8-5-2,17-9-6-3)18-19-13-11-10-12-14-19;13-12(14)17-10(8-3-1-5-15-8)7-11(18-12)9-4-2-6-16-9;/h10-14H,4-9,15-18H2,1-3H3;1-7,15H;1H/q+1;-1;/b;11-9-;. The second-order valence-corrected chi connectivity index (χ2v) is 10.0. The predicted molar refractivity (Wildman–Crippen MR) is 152 cm³/mol. The van der Waals surface area contributed by atoms with Crippen LogP contribution in [0.2, 0.25) is 0 Å². The summed E-state index contributed by atoms with van der Waals surface area (Å²) in [5.74, 6) is 0.113. The van der Waals surface area contributed by atoms with E-state index in [1.165, 1.54) is 80.8 Å². The lowest BCUT2D eigenvalue weighted by molar-refractivity contribution is -0.941. The third-order valence-electron chi connectivity index (χ3n) is 6.84. The van der Waals surface area contributed by atoms with E-state index in [4.69, 9.17) is 0 Å². The number of allylic oxidation sites excluding steroid dienone is 3. The van der Waals surface area contributed by atoms with Crippen molar-refractivity contribution in [3.8, 4) is 0 Å². The largest absolute Gasteiger partial charge is 1.00 e. The lowest BCUT2D eigenvalue weighted by Crippen LogP contribution is -3.00. The molecule has 0 saturated carbocycles. The highest BCUT2D eigenvalue weighted by atomic mass is 35.5. The molecule has 0 fully saturated rings. The third-order valence-corrected chi connectivity index (χ3v) is 6.84. The number of quaternary nitrogens is 1. The van der Waals surface area contributed by atoms with Gasteiger partial charge in [0.2, 0.25) is 5.70 Å². The lowest BCUT2D eigenvalue weighted by atomic mass is 10.1. The van der Waals surface area contributed by atoms with E-state index in [9.17, 15) is 8.63 Å². The van der Waals surface area contributed by atoms with E-state index < -0.39 is 7.11 Å². The topological polar surface area (TPSA) is 48.2 Å². The van der Waals surface area contributed by atoms with Crippen LogP contribution < -0.4 is 17.4 Å².